The maximum Gasteiger partial charge on any atom is 0.255 e. The Bertz CT molecular complexity index is 662. The first kappa shape index (κ1) is 14.3. The van der Waals surface area contributed by atoms with Crippen LogP contribution in [0.25, 0.3) is 0 Å². The van der Waals surface area contributed by atoms with Gasteiger partial charge in [0.1, 0.15) is 5.82 Å². The van der Waals surface area contributed by atoms with Crippen LogP contribution in [-0.4, -0.2) is 13.0 Å². The van der Waals surface area contributed by atoms with Gasteiger partial charge in [0, 0.05) is 22.2 Å². The summed E-state index contributed by atoms with van der Waals surface area (Å²) in [6.07, 6.45) is 0. The van der Waals surface area contributed by atoms with Crippen molar-refractivity contribution in [3.63, 3.8) is 0 Å². The van der Waals surface area contributed by atoms with Gasteiger partial charge in [-0.25, -0.2) is 8.78 Å². The third-order valence-electron chi connectivity index (χ3n) is 2.62. The minimum Gasteiger partial charge on any atom is -0.494 e. The molecule has 0 saturated heterocycles. The average molecular weight is 295 g/mol. The summed E-state index contributed by atoms with van der Waals surface area (Å²) in [4.78, 5) is 12.0. The van der Waals surface area contributed by atoms with Crippen molar-refractivity contribution in [3.05, 3.63) is 53.6 Å². The number of halogens is 2. The molecular weight excluding hydrogens is 284 g/mol. The van der Waals surface area contributed by atoms with E-state index in [4.69, 9.17) is 4.74 Å². The summed E-state index contributed by atoms with van der Waals surface area (Å²) < 4.78 is 31.3. The standard InChI is InChI=1S/C14H11F2NO2S/c1-19-12-5-3-9(7-11(12)16)17-14(18)8-2-4-10(15)13(20)6-8/h2-7,20H,1H3,(H,17,18). The molecule has 0 atom stereocenters. The summed E-state index contributed by atoms with van der Waals surface area (Å²) in [5, 5.41) is 2.51. The number of thiol groups is 1. The van der Waals surface area contributed by atoms with Gasteiger partial charge in [0.25, 0.3) is 5.91 Å². The van der Waals surface area contributed by atoms with Gasteiger partial charge in [-0.05, 0) is 30.3 Å². The fourth-order valence-corrected chi connectivity index (χ4v) is 1.81. The van der Waals surface area contributed by atoms with Gasteiger partial charge < -0.3 is 10.1 Å². The molecule has 0 heterocycles. The third-order valence-corrected chi connectivity index (χ3v) is 2.96. The number of carbonyl (C=O) groups excluding carboxylic acids is 1. The van der Waals surface area contributed by atoms with Gasteiger partial charge >= 0.3 is 0 Å². The molecule has 0 radical (unpaired) electrons. The van der Waals surface area contributed by atoms with Crippen molar-refractivity contribution in [2.75, 3.05) is 12.4 Å². The number of hydrogen-bond acceptors (Lipinski definition) is 3. The van der Waals surface area contributed by atoms with Crippen LogP contribution in [-0.2, 0) is 0 Å². The number of nitrogens with one attached hydrogen (secondary N) is 1. The van der Waals surface area contributed by atoms with Gasteiger partial charge in [0.2, 0.25) is 0 Å². The first-order valence-corrected chi connectivity index (χ1v) is 6.09. The van der Waals surface area contributed by atoms with Crippen LogP contribution in [0.3, 0.4) is 0 Å². The van der Waals surface area contributed by atoms with E-state index in [0.717, 1.165) is 12.1 Å². The number of anilines is 1. The number of ether oxygens (including phenoxy) is 1. The van der Waals surface area contributed by atoms with E-state index in [1.54, 1.807) is 0 Å². The van der Waals surface area contributed by atoms with Crippen molar-refractivity contribution >= 4 is 24.2 Å². The fraction of sp³-hybridized carbons (Fsp3) is 0.0714. The SMILES string of the molecule is COc1ccc(NC(=O)c2ccc(F)c(S)c2)cc1F. The highest BCUT2D eigenvalue weighted by atomic mass is 32.1. The number of rotatable bonds is 3. The predicted molar refractivity (Wildman–Crippen MR) is 74.6 cm³/mol. The third kappa shape index (κ3) is 3.08. The summed E-state index contributed by atoms with van der Waals surface area (Å²) in [6, 6.07) is 7.82. The Hall–Kier alpha value is -2.08. The molecule has 104 valence electrons. The molecule has 0 fully saturated rings. The van der Waals surface area contributed by atoms with Gasteiger partial charge in [0.15, 0.2) is 11.6 Å². The fourth-order valence-electron chi connectivity index (χ4n) is 1.60. The smallest absolute Gasteiger partial charge is 0.255 e. The summed E-state index contributed by atoms with van der Waals surface area (Å²) in [7, 11) is 1.35. The monoisotopic (exact) mass is 295 g/mol. The maximum absolute atomic E-state index is 13.5. The van der Waals surface area contributed by atoms with E-state index >= 15 is 0 Å². The Morgan fingerprint density at radius 3 is 2.50 bits per heavy atom. The second-order valence-electron chi connectivity index (χ2n) is 3.97. The molecule has 1 N–H and O–H groups in total. The molecule has 2 rings (SSSR count). The van der Waals surface area contributed by atoms with Gasteiger partial charge in [-0.15, -0.1) is 12.6 Å². The number of methoxy groups -OCH3 is 1. The molecule has 0 unspecified atom stereocenters. The van der Waals surface area contributed by atoms with Crippen LogP contribution in [0.4, 0.5) is 14.5 Å². The Morgan fingerprint density at radius 2 is 1.90 bits per heavy atom. The highest BCUT2D eigenvalue weighted by molar-refractivity contribution is 7.80. The Kier molecular flexibility index (Phi) is 4.24. The van der Waals surface area contributed by atoms with Gasteiger partial charge in [0.05, 0.1) is 7.11 Å². The molecule has 0 aliphatic heterocycles. The second kappa shape index (κ2) is 5.92. The molecule has 20 heavy (non-hydrogen) atoms. The molecule has 0 aliphatic rings. The lowest BCUT2D eigenvalue weighted by molar-refractivity contribution is 0.102. The molecule has 6 heteroatoms. The molecule has 0 aromatic heterocycles. The van der Waals surface area contributed by atoms with Crippen LogP contribution in [0.5, 0.6) is 5.75 Å². The summed E-state index contributed by atoms with van der Waals surface area (Å²) in [5.41, 5.74) is 0.506. The number of hydrogen-bond donors (Lipinski definition) is 2. The van der Waals surface area contributed by atoms with Crippen LogP contribution in [0.15, 0.2) is 41.3 Å². The van der Waals surface area contributed by atoms with Crippen molar-refractivity contribution < 1.29 is 18.3 Å². The Labute approximate surface area is 120 Å². The summed E-state index contributed by atoms with van der Waals surface area (Å²) in [5.74, 6) is -1.49. The van der Waals surface area contributed by atoms with Crippen LogP contribution in [0.1, 0.15) is 10.4 Å². The summed E-state index contributed by atoms with van der Waals surface area (Å²) in [6.45, 7) is 0. The van der Waals surface area contributed by atoms with E-state index in [1.807, 2.05) is 0 Å². The largest absolute Gasteiger partial charge is 0.494 e. The normalized spacial score (nSPS) is 10.2. The van der Waals surface area contributed by atoms with Crippen molar-refractivity contribution in [1.29, 1.82) is 0 Å². The molecule has 1 amide bonds. The Balaban J connectivity index is 2.19. The zero-order valence-corrected chi connectivity index (χ0v) is 11.4. The van der Waals surface area contributed by atoms with E-state index in [0.29, 0.717) is 0 Å². The zero-order chi connectivity index (χ0) is 14.7. The van der Waals surface area contributed by atoms with Crippen molar-refractivity contribution in [1.82, 2.24) is 0 Å². The molecule has 0 aliphatic carbocycles. The Morgan fingerprint density at radius 1 is 1.15 bits per heavy atom. The number of amides is 1. The van der Waals surface area contributed by atoms with Crippen LogP contribution in [0.2, 0.25) is 0 Å². The lowest BCUT2D eigenvalue weighted by Gasteiger charge is -2.08. The van der Waals surface area contributed by atoms with Crippen LogP contribution >= 0.6 is 12.6 Å². The van der Waals surface area contributed by atoms with E-state index < -0.39 is 17.5 Å². The average Bonchev–Trinajstić information content (AvgIpc) is 2.42. The van der Waals surface area contributed by atoms with E-state index in [-0.39, 0.29) is 21.9 Å². The molecule has 0 spiro atoms. The highest BCUT2D eigenvalue weighted by Gasteiger charge is 2.10. The van der Waals surface area contributed by atoms with Gasteiger partial charge in [-0.1, -0.05) is 0 Å². The lowest BCUT2D eigenvalue weighted by atomic mass is 10.2. The van der Waals surface area contributed by atoms with Crippen molar-refractivity contribution in [3.8, 4) is 5.75 Å². The minimum atomic E-state index is -0.584. The van der Waals surface area contributed by atoms with E-state index in [1.165, 1.54) is 31.4 Å². The maximum atomic E-state index is 13.5. The lowest BCUT2D eigenvalue weighted by Crippen LogP contribution is -2.12. The van der Waals surface area contributed by atoms with Crippen molar-refractivity contribution in [2.45, 2.75) is 4.90 Å². The van der Waals surface area contributed by atoms with E-state index in [9.17, 15) is 13.6 Å². The molecule has 0 saturated carbocycles. The topological polar surface area (TPSA) is 38.3 Å². The first-order chi connectivity index (χ1) is 9.51. The quantitative estimate of drug-likeness (QED) is 0.850. The summed E-state index contributed by atoms with van der Waals surface area (Å²) >= 11 is 3.90. The minimum absolute atomic E-state index is 0.0681. The highest BCUT2D eigenvalue weighted by Crippen LogP contribution is 2.21. The molecule has 2 aromatic carbocycles. The number of benzene rings is 2. The molecule has 3 nitrogen and oxygen atoms in total. The molecule has 2 aromatic rings. The van der Waals surface area contributed by atoms with Crippen LogP contribution in [0, 0.1) is 11.6 Å². The second-order valence-corrected chi connectivity index (χ2v) is 4.45. The predicted octanol–water partition coefficient (Wildman–Crippen LogP) is 3.51. The van der Waals surface area contributed by atoms with Gasteiger partial charge in [-0.3, -0.25) is 4.79 Å². The zero-order valence-electron chi connectivity index (χ0n) is 10.5. The molecule has 0 bridgehead atoms. The van der Waals surface area contributed by atoms with Gasteiger partial charge in [-0.2, -0.15) is 0 Å². The molecular formula is C14H11F2NO2S. The van der Waals surface area contributed by atoms with Crippen molar-refractivity contribution in [2.24, 2.45) is 0 Å². The van der Waals surface area contributed by atoms with E-state index in [2.05, 4.69) is 17.9 Å². The van der Waals surface area contributed by atoms with Crippen LogP contribution < -0.4 is 10.1 Å². The first-order valence-electron chi connectivity index (χ1n) is 5.64. The number of carbonyl (C=O) groups is 1.